The summed E-state index contributed by atoms with van der Waals surface area (Å²) in [7, 11) is 0. The van der Waals surface area contributed by atoms with Gasteiger partial charge in [-0.2, -0.15) is 0 Å². The average Bonchev–Trinajstić information content (AvgIpc) is 2.14. The third-order valence-electron chi connectivity index (χ3n) is 1.01. The third kappa shape index (κ3) is 1.22. The van der Waals surface area contributed by atoms with Crippen LogP contribution in [0.3, 0.4) is 0 Å². The quantitative estimate of drug-likeness (QED) is 0.569. The van der Waals surface area contributed by atoms with Crippen molar-refractivity contribution < 1.29 is 4.74 Å². The van der Waals surface area contributed by atoms with E-state index in [0.29, 0.717) is 17.7 Å². The second-order valence-corrected chi connectivity index (χ2v) is 2.24. The van der Waals surface area contributed by atoms with Crippen molar-refractivity contribution in [3.63, 3.8) is 0 Å². The van der Waals surface area contributed by atoms with Crippen molar-refractivity contribution in [3.8, 4) is 0 Å². The molecule has 0 amide bonds. The summed E-state index contributed by atoms with van der Waals surface area (Å²) in [6, 6.07) is 0. The fraction of sp³-hybridized carbons (Fsp3) is 0.500. The molecule has 0 saturated carbocycles. The van der Waals surface area contributed by atoms with Gasteiger partial charge < -0.3 is 4.74 Å². The average molecular weight is 126 g/mol. The Bertz CT molecular complexity index is 160. The molecule has 50 valence electrons. The molecule has 0 spiro atoms. The fourth-order valence-electron chi connectivity index (χ4n) is 0.536. The van der Waals surface area contributed by atoms with E-state index in [2.05, 4.69) is 17.1 Å². The molecule has 1 rings (SSSR count). The van der Waals surface area contributed by atoms with Crippen LogP contribution in [0.4, 0.5) is 0 Å². The molecule has 0 aromatic carbocycles. The first kappa shape index (κ1) is 6.13. The van der Waals surface area contributed by atoms with Crippen molar-refractivity contribution in [1.29, 1.82) is 0 Å². The van der Waals surface area contributed by atoms with Gasteiger partial charge in [-0.15, -0.1) is 5.10 Å². The van der Waals surface area contributed by atoms with Crippen LogP contribution in [0.5, 0.6) is 0 Å². The van der Waals surface area contributed by atoms with E-state index in [1.165, 1.54) is 0 Å². The SMILES string of the molecule is C=C1NN=C(C(C)C)O1. The fourth-order valence-corrected chi connectivity index (χ4v) is 0.536. The van der Waals surface area contributed by atoms with Gasteiger partial charge in [0, 0.05) is 5.92 Å². The van der Waals surface area contributed by atoms with E-state index in [9.17, 15) is 0 Å². The second-order valence-electron chi connectivity index (χ2n) is 2.24. The number of ether oxygens (including phenoxy) is 1. The molecule has 0 atom stereocenters. The van der Waals surface area contributed by atoms with E-state index >= 15 is 0 Å². The van der Waals surface area contributed by atoms with Gasteiger partial charge in [0.1, 0.15) is 0 Å². The molecular formula is C6H10N2O. The van der Waals surface area contributed by atoms with E-state index in [0.717, 1.165) is 0 Å². The molecule has 0 bridgehead atoms. The van der Waals surface area contributed by atoms with Crippen LogP contribution in [-0.4, -0.2) is 5.90 Å². The minimum atomic E-state index is 0.330. The first-order valence-corrected chi connectivity index (χ1v) is 2.90. The third-order valence-corrected chi connectivity index (χ3v) is 1.01. The molecule has 0 aliphatic carbocycles. The van der Waals surface area contributed by atoms with Gasteiger partial charge in [0.2, 0.25) is 11.8 Å². The predicted molar refractivity (Wildman–Crippen MR) is 35.6 cm³/mol. The topological polar surface area (TPSA) is 33.6 Å². The summed E-state index contributed by atoms with van der Waals surface area (Å²) in [6.45, 7) is 7.56. The summed E-state index contributed by atoms with van der Waals surface area (Å²) < 4.78 is 5.07. The summed E-state index contributed by atoms with van der Waals surface area (Å²) >= 11 is 0. The summed E-state index contributed by atoms with van der Waals surface area (Å²) in [4.78, 5) is 0. The smallest absolute Gasteiger partial charge is 0.216 e. The normalized spacial score (nSPS) is 17.2. The standard InChI is InChI=1S/C6H10N2O/c1-4(2)6-8-7-5(3)9-6/h4,7H,3H2,1-2H3. The molecule has 0 radical (unpaired) electrons. The second kappa shape index (κ2) is 2.09. The molecule has 0 fully saturated rings. The number of hydrazone groups is 1. The highest BCUT2D eigenvalue weighted by Crippen LogP contribution is 2.07. The Balaban J connectivity index is 2.55. The summed E-state index contributed by atoms with van der Waals surface area (Å²) in [6.07, 6.45) is 0. The lowest BCUT2D eigenvalue weighted by Gasteiger charge is -2.00. The molecular weight excluding hydrogens is 116 g/mol. The van der Waals surface area contributed by atoms with Crippen LogP contribution in [0.15, 0.2) is 17.6 Å². The Morgan fingerprint density at radius 2 is 2.33 bits per heavy atom. The number of hydrogen-bond donors (Lipinski definition) is 1. The lowest BCUT2D eigenvalue weighted by molar-refractivity contribution is 0.396. The van der Waals surface area contributed by atoms with Crippen molar-refractivity contribution >= 4 is 5.90 Å². The van der Waals surface area contributed by atoms with E-state index in [4.69, 9.17) is 4.74 Å². The summed E-state index contributed by atoms with van der Waals surface area (Å²) in [5.74, 6) is 1.55. The van der Waals surface area contributed by atoms with E-state index in [1.807, 2.05) is 13.8 Å². The molecule has 3 nitrogen and oxygen atoms in total. The molecule has 0 saturated heterocycles. The molecule has 1 aliphatic rings. The lowest BCUT2D eigenvalue weighted by atomic mass is 10.2. The highest BCUT2D eigenvalue weighted by Gasteiger charge is 2.13. The Morgan fingerprint density at radius 3 is 2.56 bits per heavy atom. The zero-order valence-corrected chi connectivity index (χ0v) is 5.64. The van der Waals surface area contributed by atoms with Crippen LogP contribution < -0.4 is 5.43 Å². The Hall–Kier alpha value is -0.990. The van der Waals surface area contributed by atoms with E-state index < -0.39 is 0 Å². The zero-order chi connectivity index (χ0) is 6.85. The minimum Gasteiger partial charge on any atom is -0.424 e. The summed E-state index contributed by atoms with van der Waals surface area (Å²) in [5.41, 5.74) is 2.62. The molecule has 1 N–H and O–H groups in total. The van der Waals surface area contributed by atoms with Gasteiger partial charge >= 0.3 is 0 Å². The molecule has 0 aromatic rings. The zero-order valence-electron chi connectivity index (χ0n) is 5.64. The van der Waals surface area contributed by atoms with Gasteiger partial charge in [-0.3, -0.25) is 0 Å². The van der Waals surface area contributed by atoms with Crippen molar-refractivity contribution in [2.75, 3.05) is 0 Å². The lowest BCUT2D eigenvalue weighted by Crippen LogP contribution is -2.05. The number of nitrogens with one attached hydrogen (secondary N) is 1. The van der Waals surface area contributed by atoms with Crippen molar-refractivity contribution in [1.82, 2.24) is 5.43 Å². The number of nitrogens with zero attached hydrogens (tertiary/aromatic N) is 1. The van der Waals surface area contributed by atoms with Crippen LogP contribution in [0, 0.1) is 5.92 Å². The highest BCUT2D eigenvalue weighted by molar-refractivity contribution is 5.80. The highest BCUT2D eigenvalue weighted by atomic mass is 16.5. The number of hydrogen-bond acceptors (Lipinski definition) is 3. The molecule has 3 heteroatoms. The Labute approximate surface area is 54.4 Å². The van der Waals surface area contributed by atoms with Crippen molar-refractivity contribution in [2.24, 2.45) is 11.0 Å². The van der Waals surface area contributed by atoms with Gasteiger partial charge in [-0.05, 0) is 6.58 Å². The molecule has 1 heterocycles. The van der Waals surface area contributed by atoms with Gasteiger partial charge in [0.25, 0.3) is 0 Å². The van der Waals surface area contributed by atoms with Crippen LogP contribution in [-0.2, 0) is 4.74 Å². The van der Waals surface area contributed by atoms with Crippen molar-refractivity contribution in [2.45, 2.75) is 13.8 Å². The first-order valence-electron chi connectivity index (χ1n) is 2.90. The van der Waals surface area contributed by atoms with Crippen LogP contribution >= 0.6 is 0 Å². The van der Waals surface area contributed by atoms with Crippen LogP contribution in [0.25, 0.3) is 0 Å². The minimum absolute atomic E-state index is 0.330. The Kier molecular flexibility index (Phi) is 1.42. The first-order chi connectivity index (χ1) is 4.20. The number of rotatable bonds is 1. The monoisotopic (exact) mass is 126 g/mol. The van der Waals surface area contributed by atoms with E-state index in [1.54, 1.807) is 0 Å². The van der Waals surface area contributed by atoms with Crippen molar-refractivity contribution in [3.05, 3.63) is 12.5 Å². The maximum absolute atomic E-state index is 5.07. The predicted octanol–water partition coefficient (Wildman–Crippen LogP) is 1.05. The molecule has 9 heavy (non-hydrogen) atoms. The maximum Gasteiger partial charge on any atom is 0.216 e. The molecule has 1 aliphatic heterocycles. The van der Waals surface area contributed by atoms with Gasteiger partial charge in [0.15, 0.2) is 0 Å². The molecule has 0 aromatic heterocycles. The van der Waals surface area contributed by atoms with Gasteiger partial charge in [-0.25, -0.2) is 5.43 Å². The summed E-state index contributed by atoms with van der Waals surface area (Å²) in [5, 5.41) is 3.86. The molecule has 0 unspecified atom stereocenters. The Morgan fingerprint density at radius 1 is 1.67 bits per heavy atom. The van der Waals surface area contributed by atoms with Gasteiger partial charge in [0.05, 0.1) is 0 Å². The van der Waals surface area contributed by atoms with Gasteiger partial charge in [-0.1, -0.05) is 13.8 Å². The van der Waals surface area contributed by atoms with Crippen LogP contribution in [0.1, 0.15) is 13.8 Å². The maximum atomic E-state index is 5.07. The van der Waals surface area contributed by atoms with E-state index in [-0.39, 0.29) is 0 Å². The largest absolute Gasteiger partial charge is 0.424 e. The van der Waals surface area contributed by atoms with Crippen LogP contribution in [0.2, 0.25) is 0 Å².